The molecule has 0 aliphatic carbocycles. The average molecular weight is 354 g/mol. The van der Waals surface area contributed by atoms with E-state index in [1.165, 1.54) is 0 Å². The van der Waals surface area contributed by atoms with Crippen LogP contribution < -0.4 is 4.74 Å². The van der Waals surface area contributed by atoms with Gasteiger partial charge in [-0.3, -0.25) is 0 Å². The predicted octanol–water partition coefficient (Wildman–Crippen LogP) is 4.15. The van der Waals surface area contributed by atoms with Crippen molar-refractivity contribution in [3.8, 4) is 5.75 Å². The Balaban J connectivity index is 2.38. The molecule has 0 aromatic heterocycles. The Hall–Kier alpha value is -1.07. The highest BCUT2D eigenvalue weighted by molar-refractivity contribution is 7.89. The number of sulfonamides is 1. The molecule has 0 spiro atoms. The third kappa shape index (κ3) is 4.31. The molecular formula is C19H31NO3S. The van der Waals surface area contributed by atoms with E-state index in [1.807, 2.05) is 19.9 Å². The van der Waals surface area contributed by atoms with Crippen molar-refractivity contribution in [1.29, 1.82) is 0 Å². The molecule has 0 bridgehead atoms. The van der Waals surface area contributed by atoms with Gasteiger partial charge in [-0.2, -0.15) is 4.31 Å². The number of piperidine rings is 1. The molecule has 0 saturated carbocycles. The van der Waals surface area contributed by atoms with Crippen molar-refractivity contribution in [1.82, 2.24) is 4.31 Å². The van der Waals surface area contributed by atoms with Gasteiger partial charge in [0.15, 0.2) is 0 Å². The van der Waals surface area contributed by atoms with E-state index in [4.69, 9.17) is 4.74 Å². The molecule has 0 amide bonds. The predicted molar refractivity (Wildman–Crippen MR) is 98.0 cm³/mol. The molecule has 1 aliphatic rings. The van der Waals surface area contributed by atoms with Gasteiger partial charge < -0.3 is 4.74 Å². The highest BCUT2D eigenvalue weighted by Gasteiger charge is 2.33. The maximum Gasteiger partial charge on any atom is 0.246 e. The van der Waals surface area contributed by atoms with Crippen molar-refractivity contribution in [3.05, 3.63) is 23.3 Å². The van der Waals surface area contributed by atoms with Gasteiger partial charge in [-0.15, -0.1) is 0 Å². The van der Waals surface area contributed by atoms with Crippen molar-refractivity contribution in [2.45, 2.75) is 58.8 Å². The Bertz CT molecular complexity index is 659. The summed E-state index contributed by atoms with van der Waals surface area (Å²) in [6.07, 6.45) is 3.02. The van der Waals surface area contributed by atoms with Gasteiger partial charge in [0.2, 0.25) is 10.0 Å². The number of unbranched alkanes of at least 4 members (excludes halogenated alkanes) is 1. The quantitative estimate of drug-likeness (QED) is 0.722. The Morgan fingerprint density at radius 1 is 1.12 bits per heavy atom. The van der Waals surface area contributed by atoms with Crippen LogP contribution in [0.5, 0.6) is 5.75 Å². The molecule has 1 aromatic rings. The molecule has 1 fully saturated rings. The summed E-state index contributed by atoms with van der Waals surface area (Å²) in [5.41, 5.74) is 2.04. The minimum atomic E-state index is -3.53. The summed E-state index contributed by atoms with van der Waals surface area (Å²) in [7, 11) is -3.53. The summed E-state index contributed by atoms with van der Waals surface area (Å²) in [5.74, 6) is 1.27. The molecule has 4 nitrogen and oxygen atoms in total. The Morgan fingerprint density at radius 2 is 1.71 bits per heavy atom. The van der Waals surface area contributed by atoms with Gasteiger partial charge in [0.25, 0.3) is 0 Å². The number of rotatable bonds is 6. The third-order valence-corrected chi connectivity index (χ3v) is 6.62. The summed E-state index contributed by atoms with van der Waals surface area (Å²) >= 11 is 0. The second-order valence-corrected chi connectivity index (χ2v) is 9.26. The number of aryl methyl sites for hydroxylation is 2. The molecule has 1 heterocycles. The number of benzene rings is 1. The largest absolute Gasteiger partial charge is 0.492 e. The van der Waals surface area contributed by atoms with Crippen molar-refractivity contribution in [3.63, 3.8) is 0 Å². The van der Waals surface area contributed by atoms with Crippen LogP contribution >= 0.6 is 0 Å². The van der Waals surface area contributed by atoms with Gasteiger partial charge in [0.05, 0.1) is 6.61 Å². The van der Waals surface area contributed by atoms with Crippen molar-refractivity contribution in [2.75, 3.05) is 19.7 Å². The molecule has 1 aromatic carbocycles. The lowest BCUT2D eigenvalue weighted by atomic mass is 9.94. The highest BCUT2D eigenvalue weighted by atomic mass is 32.2. The minimum Gasteiger partial charge on any atom is -0.492 e. The van der Waals surface area contributed by atoms with E-state index in [1.54, 1.807) is 10.4 Å². The molecule has 0 radical (unpaired) electrons. The molecule has 1 saturated heterocycles. The lowest BCUT2D eigenvalue weighted by Gasteiger charge is -2.34. The van der Waals surface area contributed by atoms with Crippen LogP contribution in [0.2, 0.25) is 0 Å². The van der Waals surface area contributed by atoms with Crippen LogP contribution in [0.3, 0.4) is 0 Å². The zero-order valence-corrected chi connectivity index (χ0v) is 16.4. The maximum atomic E-state index is 13.2. The monoisotopic (exact) mass is 353 g/mol. The number of ether oxygens (including phenoxy) is 1. The summed E-state index contributed by atoms with van der Waals surface area (Å²) in [6.45, 7) is 12.0. The van der Waals surface area contributed by atoms with E-state index in [0.717, 1.165) is 30.4 Å². The smallest absolute Gasteiger partial charge is 0.246 e. The fourth-order valence-corrected chi connectivity index (χ4v) is 5.22. The first-order chi connectivity index (χ1) is 11.3. The summed E-state index contributed by atoms with van der Waals surface area (Å²) in [4.78, 5) is 0.322. The SMILES string of the molecule is CCCCOc1cc(C)c(C)cc1S(=O)(=O)N1C[C@@H](C)C[C@H](C)C1. The lowest BCUT2D eigenvalue weighted by molar-refractivity contribution is 0.221. The van der Waals surface area contributed by atoms with Crippen molar-refractivity contribution < 1.29 is 13.2 Å². The number of nitrogens with zero attached hydrogens (tertiary/aromatic N) is 1. The topological polar surface area (TPSA) is 46.6 Å². The first-order valence-electron chi connectivity index (χ1n) is 8.99. The highest BCUT2D eigenvalue weighted by Crippen LogP contribution is 2.33. The number of hydrogen-bond donors (Lipinski definition) is 0. The van der Waals surface area contributed by atoms with Crippen LogP contribution in [-0.4, -0.2) is 32.4 Å². The van der Waals surface area contributed by atoms with E-state index >= 15 is 0 Å². The van der Waals surface area contributed by atoms with E-state index < -0.39 is 10.0 Å². The summed E-state index contributed by atoms with van der Waals surface area (Å²) in [5, 5.41) is 0. The second kappa shape index (κ2) is 7.87. The fourth-order valence-electron chi connectivity index (χ4n) is 3.35. The van der Waals surface area contributed by atoms with Gasteiger partial charge >= 0.3 is 0 Å². The zero-order chi connectivity index (χ0) is 17.9. The molecule has 1 aliphatic heterocycles. The van der Waals surface area contributed by atoms with E-state index in [0.29, 0.717) is 42.2 Å². The van der Waals surface area contributed by atoms with Gasteiger partial charge in [-0.05, 0) is 61.8 Å². The first kappa shape index (κ1) is 19.3. The van der Waals surface area contributed by atoms with Gasteiger partial charge in [0.1, 0.15) is 10.6 Å². The van der Waals surface area contributed by atoms with Crippen LogP contribution in [0.4, 0.5) is 0 Å². The second-order valence-electron chi connectivity index (χ2n) is 7.35. The molecule has 136 valence electrons. The fraction of sp³-hybridized carbons (Fsp3) is 0.684. The number of hydrogen-bond acceptors (Lipinski definition) is 3. The normalized spacial score (nSPS) is 22.5. The van der Waals surface area contributed by atoms with Crippen LogP contribution in [0, 0.1) is 25.7 Å². The van der Waals surface area contributed by atoms with Crippen LogP contribution in [0.1, 0.15) is 51.2 Å². The van der Waals surface area contributed by atoms with Gasteiger partial charge in [0, 0.05) is 13.1 Å². The van der Waals surface area contributed by atoms with Crippen LogP contribution in [-0.2, 0) is 10.0 Å². The summed E-state index contributed by atoms with van der Waals surface area (Å²) in [6, 6.07) is 3.64. The standard InChI is InChI=1S/C19H31NO3S/c1-6-7-8-23-18-10-16(4)17(5)11-19(18)24(21,22)20-12-14(2)9-15(3)13-20/h10-11,14-15H,6-9,12-13H2,1-5H3/t14-,15-/m0/s1. The van der Waals surface area contributed by atoms with Gasteiger partial charge in [-0.1, -0.05) is 27.2 Å². The summed E-state index contributed by atoms with van der Waals surface area (Å²) < 4.78 is 34.0. The zero-order valence-electron chi connectivity index (χ0n) is 15.6. The molecule has 2 rings (SSSR count). The van der Waals surface area contributed by atoms with E-state index in [2.05, 4.69) is 20.8 Å². The molecule has 0 unspecified atom stereocenters. The molecule has 2 atom stereocenters. The molecular weight excluding hydrogens is 322 g/mol. The van der Waals surface area contributed by atoms with E-state index in [-0.39, 0.29) is 0 Å². The Kier molecular flexibility index (Phi) is 6.32. The molecule has 0 N–H and O–H groups in total. The lowest BCUT2D eigenvalue weighted by Crippen LogP contribution is -2.42. The van der Waals surface area contributed by atoms with Gasteiger partial charge in [-0.25, -0.2) is 8.42 Å². The first-order valence-corrected chi connectivity index (χ1v) is 10.4. The van der Waals surface area contributed by atoms with Crippen molar-refractivity contribution in [2.24, 2.45) is 11.8 Å². The maximum absolute atomic E-state index is 13.2. The minimum absolute atomic E-state index is 0.322. The average Bonchev–Trinajstić information content (AvgIpc) is 2.49. The molecule has 24 heavy (non-hydrogen) atoms. The van der Waals surface area contributed by atoms with Crippen molar-refractivity contribution >= 4 is 10.0 Å². The molecule has 5 heteroatoms. The third-order valence-electron chi connectivity index (χ3n) is 4.77. The van der Waals surface area contributed by atoms with Crippen LogP contribution in [0.25, 0.3) is 0 Å². The van der Waals surface area contributed by atoms with E-state index in [9.17, 15) is 8.42 Å². The Labute approximate surface area is 147 Å². The Morgan fingerprint density at radius 3 is 2.29 bits per heavy atom. The van der Waals surface area contributed by atoms with Crippen LogP contribution in [0.15, 0.2) is 17.0 Å².